The number of rotatable bonds is 2. The lowest BCUT2D eigenvalue weighted by molar-refractivity contribution is 0.475. The lowest BCUT2D eigenvalue weighted by Crippen LogP contribution is -2.12. The molecule has 5 aromatic carbocycles. The smallest absolute Gasteiger partial charge is 0.344 e. The first kappa shape index (κ1) is 20.7. The third-order valence-corrected chi connectivity index (χ3v) is 7.39. The van der Waals surface area contributed by atoms with Crippen LogP contribution in [0.4, 0.5) is 0 Å². The van der Waals surface area contributed by atoms with Gasteiger partial charge in [0.2, 0.25) is 0 Å². The Hall–Kier alpha value is -4.63. The van der Waals surface area contributed by atoms with Crippen molar-refractivity contribution in [1.82, 2.24) is 0 Å². The molecule has 0 aliphatic heterocycles. The second kappa shape index (κ2) is 7.96. The molecule has 1 unspecified atom stereocenters. The van der Waals surface area contributed by atoms with Crippen LogP contribution in [0.15, 0.2) is 118 Å². The van der Waals surface area contributed by atoms with E-state index < -0.39 is 5.63 Å². The normalized spacial score (nSPS) is 14.5. The van der Waals surface area contributed by atoms with Gasteiger partial charge in [-0.1, -0.05) is 72.8 Å². The van der Waals surface area contributed by atoms with Crippen LogP contribution in [-0.4, -0.2) is 5.11 Å². The van der Waals surface area contributed by atoms with Crippen molar-refractivity contribution in [2.75, 3.05) is 0 Å². The Kier molecular flexibility index (Phi) is 4.58. The molecule has 1 atom stereocenters. The summed E-state index contributed by atoms with van der Waals surface area (Å²) in [6.07, 6.45) is 0.986. The highest BCUT2D eigenvalue weighted by atomic mass is 16.4. The predicted molar refractivity (Wildman–Crippen MR) is 145 cm³/mol. The van der Waals surface area contributed by atoms with Crippen molar-refractivity contribution < 1.29 is 9.52 Å². The van der Waals surface area contributed by atoms with Crippen molar-refractivity contribution in [3.05, 3.63) is 136 Å². The molecule has 1 aromatic heterocycles. The van der Waals surface area contributed by atoms with Gasteiger partial charge in [0, 0.05) is 16.7 Å². The zero-order valence-corrected chi connectivity index (χ0v) is 19.4. The van der Waals surface area contributed by atoms with Gasteiger partial charge < -0.3 is 9.52 Å². The van der Waals surface area contributed by atoms with Crippen LogP contribution in [0.25, 0.3) is 44.0 Å². The summed E-state index contributed by atoms with van der Waals surface area (Å²) in [5.74, 6) is 0.360. The van der Waals surface area contributed by atoms with Crippen LogP contribution in [0.1, 0.15) is 22.6 Å². The molecule has 0 saturated heterocycles. The van der Waals surface area contributed by atoms with E-state index in [2.05, 4.69) is 78.9 Å². The van der Waals surface area contributed by atoms with Gasteiger partial charge >= 0.3 is 5.63 Å². The average Bonchev–Trinajstić information content (AvgIpc) is 2.93. The highest BCUT2D eigenvalue weighted by Gasteiger charge is 2.26. The molecule has 7 rings (SSSR count). The number of phenols is 1. The SMILES string of the molecule is O=c1oc2ccc(-c3ccc4c(c3)-c3ccccc3CC4c3ccccc3)cc2c2ccc(O)cc12. The number of fused-ring (bicyclic) bond motifs is 6. The van der Waals surface area contributed by atoms with E-state index in [0.717, 1.165) is 28.3 Å². The van der Waals surface area contributed by atoms with E-state index in [1.165, 1.54) is 33.9 Å². The highest BCUT2D eigenvalue weighted by molar-refractivity contribution is 6.06. The first-order valence-electron chi connectivity index (χ1n) is 12.1. The van der Waals surface area contributed by atoms with Crippen LogP contribution < -0.4 is 5.63 Å². The maximum Gasteiger partial charge on any atom is 0.344 e. The van der Waals surface area contributed by atoms with Gasteiger partial charge in [0.15, 0.2) is 0 Å². The monoisotopic (exact) mass is 466 g/mol. The molecule has 0 fully saturated rings. The van der Waals surface area contributed by atoms with Gasteiger partial charge in [0.05, 0.1) is 5.39 Å². The first-order valence-corrected chi connectivity index (χ1v) is 12.1. The van der Waals surface area contributed by atoms with Crippen molar-refractivity contribution in [1.29, 1.82) is 0 Å². The van der Waals surface area contributed by atoms with Crippen molar-refractivity contribution in [3.8, 4) is 28.0 Å². The fourth-order valence-electron chi connectivity index (χ4n) is 5.65. The van der Waals surface area contributed by atoms with Crippen LogP contribution in [0.3, 0.4) is 0 Å². The lowest BCUT2D eigenvalue weighted by Gasteiger charge is -2.29. The third kappa shape index (κ3) is 3.24. The van der Waals surface area contributed by atoms with Crippen molar-refractivity contribution in [2.45, 2.75) is 12.3 Å². The molecule has 36 heavy (non-hydrogen) atoms. The second-order valence-corrected chi connectivity index (χ2v) is 9.46. The van der Waals surface area contributed by atoms with Crippen LogP contribution in [0, 0.1) is 0 Å². The van der Waals surface area contributed by atoms with Gasteiger partial charge in [-0.15, -0.1) is 0 Å². The maximum absolute atomic E-state index is 12.4. The molecule has 3 nitrogen and oxygen atoms in total. The minimum atomic E-state index is -0.446. The van der Waals surface area contributed by atoms with E-state index in [1.54, 1.807) is 12.1 Å². The van der Waals surface area contributed by atoms with Gasteiger partial charge in [-0.05, 0) is 81.8 Å². The van der Waals surface area contributed by atoms with Crippen LogP contribution in [0.5, 0.6) is 5.75 Å². The molecule has 0 amide bonds. The van der Waals surface area contributed by atoms with Gasteiger partial charge in [-0.25, -0.2) is 4.79 Å². The molecule has 3 heteroatoms. The number of hydrogen-bond acceptors (Lipinski definition) is 3. The molecule has 1 aliphatic rings. The Labute approximate surface area is 207 Å². The van der Waals surface area contributed by atoms with Crippen molar-refractivity contribution in [2.24, 2.45) is 0 Å². The van der Waals surface area contributed by atoms with E-state index in [4.69, 9.17) is 4.42 Å². The fraction of sp³-hybridized carbons (Fsp3) is 0.0606. The van der Waals surface area contributed by atoms with E-state index in [9.17, 15) is 9.90 Å². The summed E-state index contributed by atoms with van der Waals surface area (Å²) in [5, 5.41) is 11.9. The van der Waals surface area contributed by atoms with E-state index in [1.807, 2.05) is 12.1 Å². The minimum Gasteiger partial charge on any atom is -0.508 e. The molecule has 0 spiro atoms. The van der Waals surface area contributed by atoms with Gasteiger partial charge in [-0.2, -0.15) is 0 Å². The Morgan fingerprint density at radius 1 is 0.667 bits per heavy atom. The van der Waals surface area contributed by atoms with Gasteiger partial charge in [0.25, 0.3) is 0 Å². The van der Waals surface area contributed by atoms with E-state index in [0.29, 0.717) is 16.9 Å². The van der Waals surface area contributed by atoms with Crippen LogP contribution in [-0.2, 0) is 6.42 Å². The molecule has 1 aliphatic carbocycles. The van der Waals surface area contributed by atoms with Gasteiger partial charge in [-0.3, -0.25) is 0 Å². The molecule has 0 radical (unpaired) electrons. The zero-order chi connectivity index (χ0) is 24.2. The topological polar surface area (TPSA) is 50.4 Å². The molecule has 0 saturated carbocycles. The fourth-order valence-corrected chi connectivity index (χ4v) is 5.65. The number of aromatic hydroxyl groups is 1. The Morgan fingerprint density at radius 2 is 1.44 bits per heavy atom. The number of hydrogen-bond donors (Lipinski definition) is 1. The Balaban J connectivity index is 1.43. The third-order valence-electron chi connectivity index (χ3n) is 7.39. The summed E-state index contributed by atoms with van der Waals surface area (Å²) in [4.78, 5) is 12.4. The molecular weight excluding hydrogens is 444 g/mol. The molecule has 172 valence electrons. The highest BCUT2D eigenvalue weighted by Crippen LogP contribution is 2.44. The van der Waals surface area contributed by atoms with Crippen LogP contribution >= 0.6 is 0 Å². The minimum absolute atomic E-state index is 0.0478. The maximum atomic E-state index is 12.4. The molecular formula is C33H22O3. The quantitative estimate of drug-likeness (QED) is 0.210. The zero-order valence-electron chi connectivity index (χ0n) is 19.4. The summed E-state index contributed by atoms with van der Waals surface area (Å²) in [6.45, 7) is 0. The van der Waals surface area contributed by atoms with Crippen molar-refractivity contribution in [3.63, 3.8) is 0 Å². The molecule has 1 heterocycles. The summed E-state index contributed by atoms with van der Waals surface area (Å²) in [5.41, 5.74) is 8.83. The predicted octanol–water partition coefficient (Wildman–Crippen LogP) is 7.67. The number of phenolic OH excluding ortho intramolecular Hbond substituents is 1. The van der Waals surface area contributed by atoms with Gasteiger partial charge in [0.1, 0.15) is 11.3 Å². The standard InChI is InChI=1S/C33H22O3/c34-24-12-14-27-30-17-22(11-15-32(30)36-33(35)31(27)19-24)21-10-13-26-28(20-6-2-1-3-7-20)18-23-8-4-5-9-25(23)29(26)16-21/h1-17,19,28,34H,18H2. The largest absolute Gasteiger partial charge is 0.508 e. The first-order chi connectivity index (χ1) is 17.7. The lowest BCUT2D eigenvalue weighted by atomic mass is 9.75. The summed E-state index contributed by atoms with van der Waals surface area (Å²) >= 11 is 0. The second-order valence-electron chi connectivity index (χ2n) is 9.46. The molecule has 1 N–H and O–H groups in total. The molecule has 0 bridgehead atoms. The van der Waals surface area contributed by atoms with Crippen molar-refractivity contribution >= 4 is 21.7 Å². The Morgan fingerprint density at radius 3 is 2.33 bits per heavy atom. The summed E-state index contributed by atoms with van der Waals surface area (Å²) in [6, 6.07) is 36.9. The summed E-state index contributed by atoms with van der Waals surface area (Å²) < 4.78 is 5.55. The number of benzene rings is 5. The Bertz CT molecular complexity index is 1850. The summed E-state index contributed by atoms with van der Waals surface area (Å²) in [7, 11) is 0. The van der Waals surface area contributed by atoms with Crippen LogP contribution in [0.2, 0.25) is 0 Å². The van der Waals surface area contributed by atoms with E-state index >= 15 is 0 Å². The molecule has 6 aromatic rings. The van der Waals surface area contributed by atoms with E-state index in [-0.39, 0.29) is 5.75 Å². The average molecular weight is 467 g/mol.